The van der Waals surface area contributed by atoms with Gasteiger partial charge in [0, 0.05) is 18.1 Å². The molecule has 0 aliphatic carbocycles. The van der Waals surface area contributed by atoms with Gasteiger partial charge < -0.3 is 15.1 Å². The van der Waals surface area contributed by atoms with E-state index in [9.17, 15) is 0 Å². The van der Waals surface area contributed by atoms with Gasteiger partial charge in [0.25, 0.3) is 0 Å². The van der Waals surface area contributed by atoms with Gasteiger partial charge in [0.2, 0.25) is 5.82 Å². The summed E-state index contributed by atoms with van der Waals surface area (Å²) in [5.41, 5.74) is 1.18. The summed E-state index contributed by atoms with van der Waals surface area (Å²) < 4.78 is 5.29. The number of furan rings is 1. The monoisotopic (exact) mass is 372 g/mol. The van der Waals surface area contributed by atoms with Gasteiger partial charge in [-0.25, -0.2) is 9.98 Å². The zero-order valence-corrected chi connectivity index (χ0v) is 15.3. The van der Waals surface area contributed by atoms with Gasteiger partial charge >= 0.3 is 0 Å². The fourth-order valence-electron chi connectivity index (χ4n) is 2.40. The number of nitrogens with zero attached hydrogens (tertiary/aromatic N) is 3. The Morgan fingerprint density at radius 3 is 2.96 bits per heavy atom. The predicted molar refractivity (Wildman–Crippen MR) is 102 cm³/mol. The summed E-state index contributed by atoms with van der Waals surface area (Å²) >= 11 is 6.01. The molecule has 0 unspecified atom stereocenters. The highest BCUT2D eigenvalue weighted by Crippen LogP contribution is 2.14. The lowest BCUT2D eigenvalue weighted by Crippen LogP contribution is -2.38. The van der Waals surface area contributed by atoms with Crippen LogP contribution in [0.25, 0.3) is 11.6 Å². The molecule has 0 saturated carbocycles. The van der Waals surface area contributed by atoms with Crippen molar-refractivity contribution in [3.8, 4) is 11.6 Å². The Labute approximate surface area is 156 Å². The van der Waals surface area contributed by atoms with Crippen molar-refractivity contribution < 1.29 is 4.42 Å². The molecule has 3 rings (SSSR count). The van der Waals surface area contributed by atoms with Gasteiger partial charge in [-0.1, -0.05) is 23.7 Å². The number of aliphatic imine (C=N–C) groups is 1. The van der Waals surface area contributed by atoms with E-state index in [4.69, 9.17) is 16.0 Å². The van der Waals surface area contributed by atoms with Crippen LogP contribution in [0.15, 0.2) is 52.1 Å². The van der Waals surface area contributed by atoms with Gasteiger partial charge in [-0.3, -0.25) is 5.10 Å². The number of rotatable bonds is 7. The highest BCUT2D eigenvalue weighted by Gasteiger charge is 2.08. The number of halogens is 1. The van der Waals surface area contributed by atoms with E-state index in [1.807, 2.05) is 31.2 Å². The number of benzene rings is 1. The van der Waals surface area contributed by atoms with Crippen molar-refractivity contribution in [3.63, 3.8) is 0 Å². The fourth-order valence-corrected chi connectivity index (χ4v) is 2.61. The quantitative estimate of drug-likeness (QED) is 0.438. The third-order valence-corrected chi connectivity index (χ3v) is 3.83. The maximum atomic E-state index is 6.01. The molecule has 3 aromatic rings. The molecule has 8 heteroatoms. The Hall–Kier alpha value is -2.80. The van der Waals surface area contributed by atoms with Gasteiger partial charge in [-0.2, -0.15) is 0 Å². The summed E-state index contributed by atoms with van der Waals surface area (Å²) in [5.74, 6) is 2.55. The van der Waals surface area contributed by atoms with E-state index in [1.54, 1.807) is 12.3 Å². The fraction of sp³-hybridized carbons (Fsp3) is 0.278. The largest absolute Gasteiger partial charge is 0.461 e. The van der Waals surface area contributed by atoms with Crippen LogP contribution >= 0.6 is 11.6 Å². The van der Waals surface area contributed by atoms with Crippen LogP contribution in [-0.2, 0) is 13.0 Å². The normalized spacial score (nSPS) is 11.5. The molecule has 2 heterocycles. The van der Waals surface area contributed by atoms with Crippen molar-refractivity contribution in [3.05, 3.63) is 59.1 Å². The number of H-pyrrole nitrogens is 1. The van der Waals surface area contributed by atoms with E-state index in [1.165, 1.54) is 5.56 Å². The van der Waals surface area contributed by atoms with Crippen LogP contribution in [0, 0.1) is 0 Å². The first kappa shape index (κ1) is 18.0. The number of guanidine groups is 1. The lowest BCUT2D eigenvalue weighted by molar-refractivity contribution is 0.577. The van der Waals surface area contributed by atoms with Crippen LogP contribution in [0.2, 0.25) is 5.02 Å². The molecule has 136 valence electrons. The van der Waals surface area contributed by atoms with Crippen molar-refractivity contribution in [2.45, 2.75) is 19.9 Å². The molecule has 0 atom stereocenters. The molecular weight excluding hydrogens is 352 g/mol. The zero-order valence-electron chi connectivity index (χ0n) is 14.5. The molecule has 7 nitrogen and oxygen atoms in total. The second-order valence-electron chi connectivity index (χ2n) is 5.58. The van der Waals surface area contributed by atoms with E-state index in [-0.39, 0.29) is 0 Å². The van der Waals surface area contributed by atoms with Gasteiger partial charge in [-0.05, 0) is 43.2 Å². The summed E-state index contributed by atoms with van der Waals surface area (Å²) in [5, 5.41) is 14.3. The van der Waals surface area contributed by atoms with Crippen LogP contribution in [-0.4, -0.2) is 34.2 Å². The minimum atomic E-state index is 0.389. The molecular formula is C18H21ClN6O. The van der Waals surface area contributed by atoms with E-state index in [0.29, 0.717) is 24.0 Å². The molecule has 3 N–H and O–H groups in total. The van der Waals surface area contributed by atoms with Gasteiger partial charge in [0.1, 0.15) is 12.4 Å². The lowest BCUT2D eigenvalue weighted by atomic mass is 10.1. The Bertz CT molecular complexity index is 843. The molecule has 0 saturated heterocycles. The van der Waals surface area contributed by atoms with Crippen molar-refractivity contribution >= 4 is 17.6 Å². The molecule has 0 fully saturated rings. The molecule has 0 bridgehead atoms. The summed E-state index contributed by atoms with van der Waals surface area (Å²) in [6.07, 6.45) is 2.45. The summed E-state index contributed by atoms with van der Waals surface area (Å²) in [7, 11) is 0. The maximum Gasteiger partial charge on any atom is 0.216 e. The van der Waals surface area contributed by atoms with E-state index in [0.717, 1.165) is 30.5 Å². The summed E-state index contributed by atoms with van der Waals surface area (Å²) in [6.45, 7) is 3.94. The van der Waals surface area contributed by atoms with Crippen LogP contribution < -0.4 is 10.6 Å². The third kappa shape index (κ3) is 5.10. The number of hydrogen-bond acceptors (Lipinski definition) is 4. The highest BCUT2D eigenvalue weighted by molar-refractivity contribution is 6.30. The van der Waals surface area contributed by atoms with Crippen LogP contribution in [0.3, 0.4) is 0 Å². The molecule has 0 aliphatic rings. The first-order chi connectivity index (χ1) is 12.7. The van der Waals surface area contributed by atoms with Crippen molar-refractivity contribution in [2.75, 3.05) is 13.1 Å². The smallest absolute Gasteiger partial charge is 0.216 e. The number of aromatic amines is 1. The first-order valence-electron chi connectivity index (χ1n) is 8.46. The lowest BCUT2D eigenvalue weighted by Gasteiger charge is -2.11. The first-order valence-corrected chi connectivity index (χ1v) is 8.84. The Morgan fingerprint density at radius 2 is 2.19 bits per heavy atom. The standard InChI is InChI=1S/C18H21ClN6O/c1-2-20-18(21-9-8-13-5-3-6-14(19)11-13)22-12-16-23-17(25-24-16)15-7-4-10-26-15/h3-7,10-11H,2,8-9,12H2,1H3,(H2,20,21,22)(H,23,24,25). The predicted octanol–water partition coefficient (Wildman–Crippen LogP) is 3.02. The second kappa shape index (κ2) is 9.05. The molecule has 2 aromatic heterocycles. The van der Waals surface area contributed by atoms with Gasteiger partial charge in [0.05, 0.1) is 6.26 Å². The SMILES string of the molecule is CCNC(=NCc1nc(-c2ccco2)n[nH]1)NCCc1cccc(Cl)c1. The van der Waals surface area contributed by atoms with E-state index < -0.39 is 0 Å². The summed E-state index contributed by atoms with van der Waals surface area (Å²) in [6, 6.07) is 11.5. The van der Waals surface area contributed by atoms with Crippen molar-refractivity contribution in [1.82, 2.24) is 25.8 Å². The number of hydrogen-bond donors (Lipinski definition) is 3. The van der Waals surface area contributed by atoms with Crippen LogP contribution in [0.1, 0.15) is 18.3 Å². The Balaban J connectivity index is 1.55. The third-order valence-electron chi connectivity index (χ3n) is 3.60. The maximum absolute atomic E-state index is 6.01. The van der Waals surface area contributed by atoms with Crippen molar-refractivity contribution in [1.29, 1.82) is 0 Å². The molecule has 0 aliphatic heterocycles. The Morgan fingerprint density at radius 1 is 1.27 bits per heavy atom. The topological polar surface area (TPSA) is 91.1 Å². The second-order valence-corrected chi connectivity index (χ2v) is 6.02. The zero-order chi connectivity index (χ0) is 18.2. The van der Waals surface area contributed by atoms with E-state index in [2.05, 4.69) is 36.9 Å². The molecule has 0 spiro atoms. The average molecular weight is 373 g/mol. The minimum absolute atomic E-state index is 0.389. The minimum Gasteiger partial charge on any atom is -0.461 e. The Kier molecular flexibility index (Phi) is 6.27. The highest BCUT2D eigenvalue weighted by atomic mass is 35.5. The van der Waals surface area contributed by atoms with Gasteiger partial charge in [-0.15, -0.1) is 5.10 Å². The van der Waals surface area contributed by atoms with Crippen LogP contribution in [0.4, 0.5) is 0 Å². The molecule has 26 heavy (non-hydrogen) atoms. The molecule has 0 radical (unpaired) electrons. The average Bonchev–Trinajstić information content (AvgIpc) is 3.31. The van der Waals surface area contributed by atoms with Gasteiger partial charge in [0.15, 0.2) is 11.7 Å². The van der Waals surface area contributed by atoms with Crippen molar-refractivity contribution in [2.24, 2.45) is 4.99 Å². The molecule has 0 amide bonds. The summed E-state index contributed by atoms with van der Waals surface area (Å²) in [4.78, 5) is 8.92. The number of nitrogens with one attached hydrogen (secondary N) is 3. The van der Waals surface area contributed by atoms with E-state index >= 15 is 0 Å². The number of aromatic nitrogens is 3. The van der Waals surface area contributed by atoms with Crippen LogP contribution in [0.5, 0.6) is 0 Å². The molecule has 1 aromatic carbocycles.